The molecule has 3 unspecified atom stereocenters. The lowest BCUT2D eigenvalue weighted by Gasteiger charge is -2.23. The van der Waals surface area contributed by atoms with Crippen molar-refractivity contribution >= 4 is 5.91 Å². The number of rotatable bonds is 3. The molecule has 1 aliphatic carbocycles. The minimum atomic E-state index is 0.00838. The maximum Gasteiger partial charge on any atom is 0.239 e. The first-order chi connectivity index (χ1) is 7.24. The van der Waals surface area contributed by atoms with Crippen molar-refractivity contribution < 1.29 is 9.90 Å². The third kappa shape index (κ3) is 2.01. The summed E-state index contributed by atoms with van der Waals surface area (Å²) in [7, 11) is 1.77. The molecule has 0 aromatic rings. The van der Waals surface area contributed by atoms with E-state index in [2.05, 4.69) is 5.32 Å². The van der Waals surface area contributed by atoms with Crippen LogP contribution >= 0.6 is 0 Å². The first-order valence-corrected chi connectivity index (χ1v) is 5.83. The minimum absolute atomic E-state index is 0.00838. The summed E-state index contributed by atoms with van der Waals surface area (Å²) in [6, 6.07) is 0.00838. The van der Waals surface area contributed by atoms with Crippen molar-refractivity contribution in [3.8, 4) is 0 Å². The first-order valence-electron chi connectivity index (χ1n) is 5.83. The molecule has 4 heteroatoms. The van der Waals surface area contributed by atoms with Crippen LogP contribution in [0.15, 0.2) is 0 Å². The van der Waals surface area contributed by atoms with E-state index in [1.165, 1.54) is 19.3 Å². The second-order valence-electron chi connectivity index (χ2n) is 4.72. The van der Waals surface area contributed by atoms with Gasteiger partial charge >= 0.3 is 0 Å². The molecule has 0 spiro atoms. The van der Waals surface area contributed by atoms with Crippen LogP contribution in [0.2, 0.25) is 0 Å². The number of nitrogens with one attached hydrogen (secondary N) is 1. The Bertz CT molecular complexity index is 245. The van der Waals surface area contributed by atoms with E-state index in [0.717, 1.165) is 6.54 Å². The standard InChI is InChI=1S/C11H20N2O2/c1-13(5-6-14)11(15)10-9-4-2-3-8(9)7-12-10/h8-10,12,14H,2-7H2,1H3. The molecule has 0 radical (unpaired) electrons. The summed E-state index contributed by atoms with van der Waals surface area (Å²) in [6.45, 7) is 1.48. The molecule has 86 valence electrons. The predicted molar refractivity (Wildman–Crippen MR) is 57.3 cm³/mol. The normalized spacial score (nSPS) is 34.1. The van der Waals surface area contributed by atoms with Gasteiger partial charge in [0.1, 0.15) is 0 Å². The summed E-state index contributed by atoms with van der Waals surface area (Å²) in [5.41, 5.74) is 0. The number of fused-ring (bicyclic) bond motifs is 1. The Kier molecular flexibility index (Phi) is 3.26. The highest BCUT2D eigenvalue weighted by Gasteiger charge is 2.43. The number of carbonyl (C=O) groups excluding carboxylic acids is 1. The number of nitrogens with zero attached hydrogens (tertiary/aromatic N) is 1. The van der Waals surface area contributed by atoms with Crippen LogP contribution in [0.1, 0.15) is 19.3 Å². The van der Waals surface area contributed by atoms with Crippen LogP contribution in [0.5, 0.6) is 0 Å². The summed E-state index contributed by atoms with van der Waals surface area (Å²) in [4.78, 5) is 13.7. The van der Waals surface area contributed by atoms with Gasteiger partial charge in [-0.1, -0.05) is 6.42 Å². The Morgan fingerprint density at radius 3 is 3.07 bits per heavy atom. The van der Waals surface area contributed by atoms with Gasteiger partial charge in [-0.2, -0.15) is 0 Å². The number of amides is 1. The zero-order chi connectivity index (χ0) is 10.8. The van der Waals surface area contributed by atoms with Crippen LogP contribution in [0.25, 0.3) is 0 Å². The SMILES string of the molecule is CN(CCO)C(=O)C1NCC2CCCC21. The second-order valence-corrected chi connectivity index (χ2v) is 4.72. The highest BCUT2D eigenvalue weighted by molar-refractivity contribution is 5.82. The molecule has 1 amide bonds. The van der Waals surface area contributed by atoms with Crippen molar-refractivity contribution in [1.29, 1.82) is 0 Å². The zero-order valence-corrected chi connectivity index (χ0v) is 9.28. The monoisotopic (exact) mass is 212 g/mol. The van der Waals surface area contributed by atoms with Crippen LogP contribution in [-0.2, 0) is 4.79 Å². The molecule has 0 aromatic heterocycles. The number of carbonyl (C=O) groups is 1. The Balaban J connectivity index is 1.95. The molecular formula is C11H20N2O2. The van der Waals surface area contributed by atoms with E-state index in [0.29, 0.717) is 18.4 Å². The summed E-state index contributed by atoms with van der Waals surface area (Å²) >= 11 is 0. The van der Waals surface area contributed by atoms with Crippen molar-refractivity contribution in [2.45, 2.75) is 25.3 Å². The molecule has 15 heavy (non-hydrogen) atoms. The van der Waals surface area contributed by atoms with Gasteiger partial charge in [-0.25, -0.2) is 0 Å². The van der Waals surface area contributed by atoms with Crippen LogP contribution in [0.3, 0.4) is 0 Å². The Morgan fingerprint density at radius 2 is 2.33 bits per heavy atom. The highest BCUT2D eigenvalue weighted by atomic mass is 16.3. The van der Waals surface area contributed by atoms with Crippen LogP contribution < -0.4 is 5.32 Å². The van der Waals surface area contributed by atoms with Gasteiger partial charge in [-0.15, -0.1) is 0 Å². The third-order valence-corrected chi connectivity index (χ3v) is 3.82. The maximum absolute atomic E-state index is 12.0. The van der Waals surface area contributed by atoms with Crippen molar-refractivity contribution in [1.82, 2.24) is 10.2 Å². The number of hydrogen-bond donors (Lipinski definition) is 2. The Morgan fingerprint density at radius 1 is 1.53 bits per heavy atom. The number of hydrogen-bond acceptors (Lipinski definition) is 3. The van der Waals surface area contributed by atoms with Gasteiger partial charge < -0.3 is 15.3 Å². The van der Waals surface area contributed by atoms with Gasteiger partial charge in [0.15, 0.2) is 0 Å². The fourth-order valence-electron chi connectivity index (χ4n) is 2.96. The molecule has 4 nitrogen and oxygen atoms in total. The van der Waals surface area contributed by atoms with E-state index in [9.17, 15) is 4.79 Å². The maximum atomic E-state index is 12.0. The van der Waals surface area contributed by atoms with Gasteiger partial charge in [-0.3, -0.25) is 4.79 Å². The molecule has 2 rings (SSSR count). The van der Waals surface area contributed by atoms with Crippen LogP contribution in [0, 0.1) is 11.8 Å². The van der Waals surface area contributed by atoms with E-state index in [1.54, 1.807) is 11.9 Å². The molecule has 0 aromatic carbocycles. The van der Waals surface area contributed by atoms with Crippen molar-refractivity contribution in [3.05, 3.63) is 0 Å². The largest absolute Gasteiger partial charge is 0.395 e. The van der Waals surface area contributed by atoms with Crippen LogP contribution in [0.4, 0.5) is 0 Å². The number of likely N-dealkylation sites (N-methyl/N-ethyl adjacent to an activating group) is 1. The van der Waals surface area contributed by atoms with E-state index in [1.807, 2.05) is 0 Å². The van der Waals surface area contributed by atoms with Crippen molar-refractivity contribution in [3.63, 3.8) is 0 Å². The van der Waals surface area contributed by atoms with E-state index in [4.69, 9.17) is 5.11 Å². The molecule has 2 N–H and O–H groups in total. The van der Waals surface area contributed by atoms with Gasteiger partial charge in [0.25, 0.3) is 0 Å². The number of aliphatic hydroxyl groups excluding tert-OH is 1. The molecular weight excluding hydrogens is 192 g/mol. The smallest absolute Gasteiger partial charge is 0.239 e. The highest BCUT2D eigenvalue weighted by Crippen LogP contribution is 2.38. The summed E-state index contributed by atoms with van der Waals surface area (Å²) < 4.78 is 0. The molecule has 2 aliphatic rings. The second kappa shape index (κ2) is 4.49. The lowest BCUT2D eigenvalue weighted by molar-refractivity contribution is -0.133. The quantitative estimate of drug-likeness (QED) is 0.682. The lowest BCUT2D eigenvalue weighted by atomic mass is 9.93. The lowest BCUT2D eigenvalue weighted by Crippen LogP contribution is -2.45. The summed E-state index contributed by atoms with van der Waals surface area (Å²) in [5.74, 6) is 1.40. The fourth-order valence-corrected chi connectivity index (χ4v) is 2.96. The molecule has 1 saturated heterocycles. The number of aliphatic hydroxyl groups is 1. The van der Waals surface area contributed by atoms with Crippen LogP contribution in [-0.4, -0.2) is 48.7 Å². The van der Waals surface area contributed by atoms with E-state index >= 15 is 0 Å². The summed E-state index contributed by atoms with van der Waals surface area (Å²) in [5, 5.41) is 12.1. The molecule has 0 bridgehead atoms. The van der Waals surface area contributed by atoms with E-state index in [-0.39, 0.29) is 18.6 Å². The average Bonchev–Trinajstić information content (AvgIpc) is 2.77. The average molecular weight is 212 g/mol. The topological polar surface area (TPSA) is 52.6 Å². The van der Waals surface area contributed by atoms with Gasteiger partial charge in [-0.05, 0) is 31.2 Å². The molecule has 1 saturated carbocycles. The molecule has 2 fully saturated rings. The minimum Gasteiger partial charge on any atom is -0.395 e. The zero-order valence-electron chi connectivity index (χ0n) is 9.28. The predicted octanol–water partition coefficient (Wildman–Crippen LogP) is -0.175. The third-order valence-electron chi connectivity index (χ3n) is 3.82. The first kappa shape index (κ1) is 10.9. The van der Waals surface area contributed by atoms with E-state index < -0.39 is 0 Å². The van der Waals surface area contributed by atoms with Crippen molar-refractivity contribution in [2.24, 2.45) is 11.8 Å². The van der Waals surface area contributed by atoms with Gasteiger partial charge in [0, 0.05) is 13.6 Å². The van der Waals surface area contributed by atoms with Gasteiger partial charge in [0.2, 0.25) is 5.91 Å². The molecule has 3 atom stereocenters. The van der Waals surface area contributed by atoms with Crippen molar-refractivity contribution in [2.75, 3.05) is 26.7 Å². The summed E-state index contributed by atoms with van der Waals surface area (Å²) in [6.07, 6.45) is 3.72. The van der Waals surface area contributed by atoms with Gasteiger partial charge in [0.05, 0.1) is 12.6 Å². The Labute approximate surface area is 90.6 Å². The molecule has 1 aliphatic heterocycles. The molecule has 1 heterocycles. The fraction of sp³-hybridized carbons (Fsp3) is 0.909. The Hall–Kier alpha value is -0.610.